The number of nitrogens with zero attached hydrogens (tertiary/aromatic N) is 4. The van der Waals surface area contributed by atoms with Gasteiger partial charge >= 0.3 is 0 Å². The number of aliphatic hydroxyl groups excluding tert-OH is 1. The van der Waals surface area contributed by atoms with Gasteiger partial charge in [0, 0.05) is 49.9 Å². The lowest BCUT2D eigenvalue weighted by molar-refractivity contribution is -0.119. The van der Waals surface area contributed by atoms with Crippen LogP contribution in [0.15, 0.2) is 42.9 Å². The zero-order valence-corrected chi connectivity index (χ0v) is 15.6. The highest BCUT2D eigenvalue weighted by atomic mass is 16.3. The van der Waals surface area contributed by atoms with Crippen LogP contribution in [0, 0.1) is 0 Å². The third-order valence-corrected chi connectivity index (χ3v) is 5.83. The van der Waals surface area contributed by atoms with Gasteiger partial charge in [-0.2, -0.15) is 0 Å². The van der Waals surface area contributed by atoms with Crippen LogP contribution < -0.4 is 10.2 Å². The van der Waals surface area contributed by atoms with Crippen molar-refractivity contribution in [2.45, 2.75) is 31.3 Å². The predicted molar refractivity (Wildman–Crippen MR) is 106 cm³/mol. The van der Waals surface area contributed by atoms with Crippen LogP contribution >= 0.6 is 0 Å². The SMILES string of the molecule is O=C1CC(c2ccc(-c3cnc4c(N5CCC(O)CC5)nccn34)cc2)CN1. The first-order valence-corrected chi connectivity index (χ1v) is 9.81. The summed E-state index contributed by atoms with van der Waals surface area (Å²) in [4.78, 5) is 22.9. The van der Waals surface area contributed by atoms with E-state index in [0.717, 1.165) is 48.7 Å². The number of hydrogen-bond donors (Lipinski definition) is 2. The lowest BCUT2D eigenvalue weighted by Gasteiger charge is -2.30. The van der Waals surface area contributed by atoms with Crippen LogP contribution in [-0.2, 0) is 4.79 Å². The number of imidazole rings is 1. The summed E-state index contributed by atoms with van der Waals surface area (Å²) in [6.45, 7) is 2.30. The molecule has 4 heterocycles. The fourth-order valence-electron chi connectivity index (χ4n) is 4.19. The van der Waals surface area contributed by atoms with E-state index >= 15 is 0 Å². The Morgan fingerprint density at radius 3 is 2.61 bits per heavy atom. The smallest absolute Gasteiger partial charge is 0.220 e. The number of hydrogen-bond acceptors (Lipinski definition) is 5. The Morgan fingerprint density at radius 1 is 1.11 bits per heavy atom. The van der Waals surface area contributed by atoms with Crippen molar-refractivity contribution in [1.82, 2.24) is 19.7 Å². The quantitative estimate of drug-likeness (QED) is 0.729. The van der Waals surface area contributed by atoms with Gasteiger partial charge in [0.15, 0.2) is 11.5 Å². The summed E-state index contributed by atoms with van der Waals surface area (Å²) < 4.78 is 2.07. The Kier molecular flexibility index (Phi) is 4.24. The highest BCUT2D eigenvalue weighted by molar-refractivity contribution is 5.79. The van der Waals surface area contributed by atoms with E-state index in [1.54, 1.807) is 0 Å². The summed E-state index contributed by atoms with van der Waals surface area (Å²) >= 11 is 0. The Bertz CT molecular complexity index is 1010. The number of aromatic nitrogens is 3. The van der Waals surface area contributed by atoms with Gasteiger partial charge in [0.2, 0.25) is 5.91 Å². The summed E-state index contributed by atoms with van der Waals surface area (Å²) in [6, 6.07) is 8.40. The maximum Gasteiger partial charge on any atom is 0.220 e. The van der Waals surface area contributed by atoms with Gasteiger partial charge in [0.05, 0.1) is 18.0 Å². The minimum absolute atomic E-state index is 0.126. The first-order valence-electron chi connectivity index (χ1n) is 9.81. The monoisotopic (exact) mass is 377 g/mol. The maximum atomic E-state index is 11.5. The molecular weight excluding hydrogens is 354 g/mol. The molecule has 2 saturated heterocycles. The number of fused-ring (bicyclic) bond motifs is 1. The van der Waals surface area contributed by atoms with Gasteiger partial charge < -0.3 is 15.3 Å². The van der Waals surface area contributed by atoms with E-state index in [4.69, 9.17) is 0 Å². The molecule has 2 aliphatic rings. The van der Waals surface area contributed by atoms with Crippen LogP contribution in [0.2, 0.25) is 0 Å². The van der Waals surface area contributed by atoms with Crippen molar-refractivity contribution >= 4 is 17.4 Å². The topological polar surface area (TPSA) is 82.8 Å². The Labute approximate surface area is 163 Å². The normalized spacial score (nSPS) is 20.7. The zero-order chi connectivity index (χ0) is 19.1. The zero-order valence-electron chi connectivity index (χ0n) is 15.6. The number of benzene rings is 1. The highest BCUT2D eigenvalue weighted by Gasteiger charge is 2.24. The van der Waals surface area contributed by atoms with E-state index in [-0.39, 0.29) is 17.9 Å². The second kappa shape index (κ2) is 6.91. The minimum atomic E-state index is -0.213. The van der Waals surface area contributed by atoms with Gasteiger partial charge in [-0.25, -0.2) is 9.97 Å². The number of aliphatic hydroxyl groups is 1. The molecule has 7 heteroatoms. The minimum Gasteiger partial charge on any atom is -0.393 e. The average Bonchev–Trinajstić information content (AvgIpc) is 3.35. The Hall–Kier alpha value is -2.93. The molecule has 28 heavy (non-hydrogen) atoms. The standard InChI is InChI=1S/C21H23N5O2/c27-17-5-8-25(9-6-17)20-21-24-13-18(26(21)10-7-22-20)15-3-1-14(2-4-15)16-11-19(28)23-12-16/h1-4,7,10,13,16-17,27H,5-6,8-9,11-12H2,(H,23,28). The van der Waals surface area contributed by atoms with Gasteiger partial charge in [-0.05, 0) is 18.4 Å². The van der Waals surface area contributed by atoms with Crippen LogP contribution in [0.3, 0.4) is 0 Å². The Morgan fingerprint density at radius 2 is 1.89 bits per heavy atom. The number of piperidine rings is 1. The fraction of sp³-hybridized carbons (Fsp3) is 0.381. The second-order valence-corrected chi connectivity index (χ2v) is 7.63. The number of carbonyl (C=O) groups is 1. The van der Waals surface area contributed by atoms with Crippen molar-refractivity contribution in [1.29, 1.82) is 0 Å². The molecule has 1 aromatic carbocycles. The molecule has 5 rings (SSSR count). The summed E-state index contributed by atoms with van der Waals surface area (Å²) in [6.07, 6.45) is 7.50. The van der Waals surface area contributed by atoms with Crippen LogP contribution in [0.1, 0.15) is 30.7 Å². The summed E-state index contributed by atoms with van der Waals surface area (Å²) in [7, 11) is 0. The molecule has 1 unspecified atom stereocenters. The van der Waals surface area contributed by atoms with E-state index in [1.807, 2.05) is 18.6 Å². The number of anilines is 1. The summed E-state index contributed by atoms with van der Waals surface area (Å²) in [5, 5.41) is 12.7. The molecule has 7 nitrogen and oxygen atoms in total. The molecule has 2 aromatic heterocycles. The van der Waals surface area contributed by atoms with Crippen molar-refractivity contribution in [3.63, 3.8) is 0 Å². The third-order valence-electron chi connectivity index (χ3n) is 5.83. The van der Waals surface area contributed by atoms with Crippen LogP contribution in [0.25, 0.3) is 16.9 Å². The molecule has 3 aromatic rings. The summed E-state index contributed by atoms with van der Waals surface area (Å²) in [5.41, 5.74) is 4.12. The molecule has 2 N–H and O–H groups in total. The number of carbonyl (C=O) groups excluding carboxylic acids is 1. The van der Waals surface area contributed by atoms with Crippen LogP contribution in [0.5, 0.6) is 0 Å². The Balaban J connectivity index is 1.45. The van der Waals surface area contributed by atoms with Gasteiger partial charge in [-0.15, -0.1) is 0 Å². The van der Waals surface area contributed by atoms with Gasteiger partial charge in [0.25, 0.3) is 0 Å². The maximum absolute atomic E-state index is 11.5. The largest absolute Gasteiger partial charge is 0.393 e. The first-order chi connectivity index (χ1) is 13.7. The fourth-order valence-corrected chi connectivity index (χ4v) is 4.19. The molecule has 2 aliphatic heterocycles. The third kappa shape index (κ3) is 3.01. The lowest BCUT2D eigenvalue weighted by atomic mass is 9.97. The first kappa shape index (κ1) is 17.2. The molecule has 0 aliphatic carbocycles. The molecule has 0 radical (unpaired) electrons. The molecule has 0 spiro atoms. The number of amides is 1. The highest BCUT2D eigenvalue weighted by Crippen LogP contribution is 2.29. The van der Waals surface area contributed by atoms with Crippen molar-refractivity contribution in [3.8, 4) is 11.3 Å². The molecule has 2 fully saturated rings. The van der Waals surface area contributed by atoms with Crippen molar-refractivity contribution in [2.24, 2.45) is 0 Å². The van der Waals surface area contributed by atoms with Gasteiger partial charge in [-0.1, -0.05) is 24.3 Å². The van der Waals surface area contributed by atoms with Crippen molar-refractivity contribution in [3.05, 3.63) is 48.4 Å². The molecular formula is C21H23N5O2. The van der Waals surface area contributed by atoms with Crippen molar-refractivity contribution in [2.75, 3.05) is 24.5 Å². The molecule has 0 saturated carbocycles. The molecule has 144 valence electrons. The van der Waals surface area contributed by atoms with Gasteiger partial charge in [0.1, 0.15) is 0 Å². The van der Waals surface area contributed by atoms with Crippen molar-refractivity contribution < 1.29 is 9.90 Å². The lowest BCUT2D eigenvalue weighted by Crippen LogP contribution is -2.36. The van der Waals surface area contributed by atoms with E-state index in [9.17, 15) is 9.90 Å². The van der Waals surface area contributed by atoms with E-state index in [0.29, 0.717) is 13.0 Å². The average molecular weight is 377 g/mol. The second-order valence-electron chi connectivity index (χ2n) is 7.63. The molecule has 1 amide bonds. The van der Waals surface area contributed by atoms with E-state index in [2.05, 4.69) is 48.9 Å². The molecule has 0 bridgehead atoms. The van der Waals surface area contributed by atoms with E-state index < -0.39 is 0 Å². The van der Waals surface area contributed by atoms with Gasteiger partial charge in [-0.3, -0.25) is 9.20 Å². The van der Waals surface area contributed by atoms with Crippen LogP contribution in [-0.4, -0.2) is 51.1 Å². The predicted octanol–water partition coefficient (Wildman–Crippen LogP) is 1.96. The van der Waals surface area contributed by atoms with Crippen LogP contribution in [0.4, 0.5) is 5.82 Å². The van der Waals surface area contributed by atoms with E-state index in [1.165, 1.54) is 5.56 Å². The summed E-state index contributed by atoms with van der Waals surface area (Å²) in [5.74, 6) is 1.25. The number of rotatable bonds is 3. The number of nitrogens with one attached hydrogen (secondary N) is 1. The molecule has 1 atom stereocenters.